The van der Waals surface area contributed by atoms with Crippen molar-refractivity contribution < 1.29 is 28.6 Å². The molecule has 0 aliphatic heterocycles. The van der Waals surface area contributed by atoms with Crippen LogP contribution in [-0.4, -0.2) is 37.2 Å². The van der Waals surface area contributed by atoms with Crippen molar-refractivity contribution in [1.82, 2.24) is 0 Å². The van der Waals surface area contributed by atoms with Crippen molar-refractivity contribution in [2.45, 2.75) is 406 Å². The fourth-order valence-corrected chi connectivity index (χ4v) is 11.0. The summed E-state index contributed by atoms with van der Waals surface area (Å²) in [5, 5.41) is 0. The van der Waals surface area contributed by atoms with E-state index in [1.54, 1.807) is 0 Å². The summed E-state index contributed by atoms with van der Waals surface area (Å²) in [5.74, 6) is -0.871. The molecule has 0 spiro atoms. The molecule has 6 nitrogen and oxygen atoms in total. The molecule has 6 heteroatoms. The van der Waals surface area contributed by atoms with Gasteiger partial charge in [0.05, 0.1) is 0 Å². The molecule has 1 atom stereocenters. The van der Waals surface area contributed by atoms with Crippen molar-refractivity contribution in [2.75, 3.05) is 13.2 Å². The van der Waals surface area contributed by atoms with Gasteiger partial charge in [-0.25, -0.2) is 0 Å². The van der Waals surface area contributed by atoms with Crippen molar-refractivity contribution >= 4 is 17.9 Å². The highest BCUT2D eigenvalue weighted by atomic mass is 16.6. The quantitative estimate of drug-likeness (QED) is 0.0261. The van der Waals surface area contributed by atoms with E-state index in [9.17, 15) is 14.4 Å². The maximum absolute atomic E-state index is 12.9. The molecule has 80 heavy (non-hydrogen) atoms. The third-order valence-corrected chi connectivity index (χ3v) is 16.3. The van der Waals surface area contributed by atoms with Crippen molar-refractivity contribution in [3.63, 3.8) is 0 Å². The van der Waals surface area contributed by atoms with E-state index >= 15 is 0 Å². The van der Waals surface area contributed by atoms with Crippen molar-refractivity contribution in [3.8, 4) is 0 Å². The normalized spacial score (nSPS) is 12.2. The molecule has 0 bridgehead atoms. The standard InChI is InChI=1S/C74H138O6/c1-4-7-10-13-16-19-22-24-26-28-29-30-31-32-33-34-35-36-37-38-39-40-41-42-43-44-45-47-48-50-52-55-58-61-64-67-73(76)79-70-71(69-78-72(75)66-63-60-57-54-21-18-15-12-9-6-3)80-74(77)68-65-62-59-56-53-51-49-46-27-25-23-20-17-14-11-8-5-2/h12,15,17,20,25,27,71H,4-11,13-14,16,18-19,21-24,26,28-70H2,1-3H3/b15-12-,20-17-,27-25-. The number of rotatable bonds is 67. The second-order valence-corrected chi connectivity index (χ2v) is 24.5. The van der Waals surface area contributed by atoms with Crippen LogP contribution in [-0.2, 0) is 28.6 Å². The topological polar surface area (TPSA) is 78.9 Å². The summed E-state index contributed by atoms with van der Waals surface area (Å²) < 4.78 is 16.9. The number of esters is 3. The zero-order valence-electron chi connectivity index (χ0n) is 54.1. The Balaban J connectivity index is 3.99. The lowest BCUT2D eigenvalue weighted by atomic mass is 10.0. The maximum atomic E-state index is 12.9. The molecule has 0 aromatic heterocycles. The van der Waals surface area contributed by atoms with E-state index in [2.05, 4.69) is 57.2 Å². The van der Waals surface area contributed by atoms with Gasteiger partial charge >= 0.3 is 17.9 Å². The first-order chi connectivity index (χ1) is 39.5. The number of carbonyl (C=O) groups excluding carboxylic acids is 3. The van der Waals surface area contributed by atoms with Crippen LogP contribution in [0.4, 0.5) is 0 Å². The van der Waals surface area contributed by atoms with Gasteiger partial charge in [0, 0.05) is 19.3 Å². The van der Waals surface area contributed by atoms with E-state index in [4.69, 9.17) is 14.2 Å². The summed E-state index contributed by atoms with van der Waals surface area (Å²) in [4.78, 5) is 38.2. The Morgan fingerprint density at radius 1 is 0.250 bits per heavy atom. The van der Waals surface area contributed by atoms with Crippen LogP contribution in [0.2, 0.25) is 0 Å². The summed E-state index contributed by atoms with van der Waals surface area (Å²) in [6.45, 7) is 6.60. The van der Waals surface area contributed by atoms with E-state index in [1.165, 1.54) is 276 Å². The predicted molar refractivity (Wildman–Crippen MR) is 349 cm³/mol. The minimum Gasteiger partial charge on any atom is -0.462 e. The zero-order valence-corrected chi connectivity index (χ0v) is 54.1. The van der Waals surface area contributed by atoms with Crippen LogP contribution in [0.25, 0.3) is 0 Å². The van der Waals surface area contributed by atoms with Crippen LogP contribution in [0.3, 0.4) is 0 Å². The molecule has 0 saturated heterocycles. The minimum atomic E-state index is -0.778. The molecular weight excluding hydrogens is 985 g/mol. The molecular formula is C74H138O6. The molecule has 0 heterocycles. The highest BCUT2D eigenvalue weighted by Gasteiger charge is 2.19. The lowest BCUT2D eigenvalue weighted by Gasteiger charge is -2.18. The number of carbonyl (C=O) groups is 3. The van der Waals surface area contributed by atoms with Gasteiger partial charge in [-0.15, -0.1) is 0 Å². The van der Waals surface area contributed by atoms with E-state index in [1.807, 2.05) is 0 Å². The van der Waals surface area contributed by atoms with Crippen LogP contribution >= 0.6 is 0 Å². The number of hydrogen-bond acceptors (Lipinski definition) is 6. The first kappa shape index (κ1) is 77.6. The van der Waals surface area contributed by atoms with Gasteiger partial charge in [-0.3, -0.25) is 14.4 Å². The van der Waals surface area contributed by atoms with Gasteiger partial charge in [0.2, 0.25) is 0 Å². The van der Waals surface area contributed by atoms with Gasteiger partial charge in [-0.2, -0.15) is 0 Å². The highest BCUT2D eigenvalue weighted by Crippen LogP contribution is 2.19. The number of ether oxygens (including phenoxy) is 3. The van der Waals surface area contributed by atoms with Gasteiger partial charge < -0.3 is 14.2 Å². The molecule has 0 aromatic rings. The molecule has 0 saturated carbocycles. The number of unbranched alkanes of at least 4 members (excludes halogenated alkanes) is 50. The zero-order chi connectivity index (χ0) is 57.8. The Labute approximate surface area is 499 Å². The van der Waals surface area contributed by atoms with E-state index in [0.29, 0.717) is 19.3 Å². The number of hydrogen-bond donors (Lipinski definition) is 0. The minimum absolute atomic E-state index is 0.0742. The summed E-state index contributed by atoms with van der Waals surface area (Å²) in [5.41, 5.74) is 0. The third kappa shape index (κ3) is 66.4. The fraction of sp³-hybridized carbons (Fsp3) is 0.878. The Bertz CT molecular complexity index is 1340. The van der Waals surface area contributed by atoms with Crippen LogP contribution in [0.5, 0.6) is 0 Å². The van der Waals surface area contributed by atoms with E-state index in [-0.39, 0.29) is 31.1 Å². The Morgan fingerprint density at radius 3 is 0.775 bits per heavy atom. The number of allylic oxidation sites excluding steroid dienone is 6. The molecule has 470 valence electrons. The van der Waals surface area contributed by atoms with Crippen molar-refractivity contribution in [2.24, 2.45) is 0 Å². The summed E-state index contributed by atoms with van der Waals surface area (Å²) in [6.07, 6.45) is 86.4. The van der Waals surface area contributed by atoms with Gasteiger partial charge in [-0.05, 0) is 70.6 Å². The average Bonchev–Trinajstić information content (AvgIpc) is 3.46. The van der Waals surface area contributed by atoms with E-state index in [0.717, 1.165) is 83.5 Å². The van der Waals surface area contributed by atoms with Crippen molar-refractivity contribution in [1.29, 1.82) is 0 Å². The SMILES string of the molecule is CCC/C=C\CCCCCCCC(=O)OCC(COC(=O)CCCCCCCCCCCCCCCCCCCCCCCCCCCCCCCCCCCCC)OC(=O)CCCCCCCCC/C=C\C/C=C\CCCCC. The van der Waals surface area contributed by atoms with Crippen LogP contribution in [0.1, 0.15) is 400 Å². The molecule has 0 amide bonds. The summed E-state index contributed by atoms with van der Waals surface area (Å²) in [6, 6.07) is 0. The largest absolute Gasteiger partial charge is 0.462 e. The molecule has 0 radical (unpaired) electrons. The lowest BCUT2D eigenvalue weighted by Crippen LogP contribution is -2.30. The first-order valence-corrected chi connectivity index (χ1v) is 36.0. The van der Waals surface area contributed by atoms with Gasteiger partial charge in [0.1, 0.15) is 13.2 Å². The van der Waals surface area contributed by atoms with Crippen LogP contribution < -0.4 is 0 Å². The molecule has 0 N–H and O–H groups in total. The Morgan fingerprint density at radius 2 is 0.475 bits per heavy atom. The summed E-state index contributed by atoms with van der Waals surface area (Å²) in [7, 11) is 0. The molecule has 0 aliphatic rings. The smallest absolute Gasteiger partial charge is 0.306 e. The van der Waals surface area contributed by atoms with Crippen LogP contribution in [0, 0.1) is 0 Å². The lowest BCUT2D eigenvalue weighted by molar-refractivity contribution is -0.167. The monoisotopic (exact) mass is 1120 g/mol. The summed E-state index contributed by atoms with van der Waals surface area (Å²) >= 11 is 0. The maximum Gasteiger partial charge on any atom is 0.306 e. The van der Waals surface area contributed by atoms with Gasteiger partial charge in [0.25, 0.3) is 0 Å². The molecule has 0 aliphatic carbocycles. The second kappa shape index (κ2) is 69.1. The van der Waals surface area contributed by atoms with E-state index < -0.39 is 6.10 Å². The molecule has 1 unspecified atom stereocenters. The Kier molecular flexibility index (Phi) is 67.1. The first-order valence-electron chi connectivity index (χ1n) is 36.0. The Hall–Kier alpha value is -2.37. The highest BCUT2D eigenvalue weighted by molar-refractivity contribution is 5.71. The molecule has 0 fully saturated rings. The molecule has 0 rings (SSSR count). The van der Waals surface area contributed by atoms with Crippen LogP contribution in [0.15, 0.2) is 36.5 Å². The fourth-order valence-electron chi connectivity index (χ4n) is 11.0. The molecule has 0 aromatic carbocycles. The average molecular weight is 1120 g/mol. The van der Waals surface area contributed by atoms with Gasteiger partial charge in [0.15, 0.2) is 6.10 Å². The predicted octanol–water partition coefficient (Wildman–Crippen LogP) is 24.7. The second-order valence-electron chi connectivity index (χ2n) is 24.5. The third-order valence-electron chi connectivity index (χ3n) is 16.3. The van der Waals surface area contributed by atoms with Crippen molar-refractivity contribution in [3.05, 3.63) is 36.5 Å². The van der Waals surface area contributed by atoms with Gasteiger partial charge in [-0.1, -0.05) is 346 Å².